The summed E-state index contributed by atoms with van der Waals surface area (Å²) in [4.78, 5) is 6.02. The van der Waals surface area contributed by atoms with Gasteiger partial charge in [0.2, 0.25) is 0 Å². The zero-order valence-electron chi connectivity index (χ0n) is 18.0. The maximum Gasteiger partial charge on any atom is 0.161 e. The molecule has 0 aliphatic carbocycles. The van der Waals surface area contributed by atoms with Crippen LogP contribution in [0.1, 0.15) is 29.0 Å². The number of aromatic hydroxyl groups is 1. The SMILES string of the molecule is CSc1ccc(C2CN(C)Cc3cc(OCCCN4CCOCC4)c(O)cc32)cc1. The lowest BCUT2D eigenvalue weighted by Crippen LogP contribution is -2.37. The van der Waals surface area contributed by atoms with Gasteiger partial charge in [0.05, 0.1) is 19.8 Å². The Morgan fingerprint density at radius 3 is 2.67 bits per heavy atom. The molecule has 0 spiro atoms. The molecule has 2 heterocycles. The van der Waals surface area contributed by atoms with Crippen LogP contribution in [0.5, 0.6) is 11.5 Å². The standard InChI is InChI=1S/C24H32N2O3S/c1-25-16-19-14-24(29-11-3-8-26-9-12-28-13-10-26)23(27)15-21(19)22(17-25)18-4-6-20(30-2)7-5-18/h4-7,14-15,22,27H,3,8-13,16-17H2,1-2H3. The molecule has 0 bridgehead atoms. The van der Waals surface area contributed by atoms with Crippen LogP contribution in [0.25, 0.3) is 0 Å². The molecule has 0 amide bonds. The summed E-state index contributed by atoms with van der Waals surface area (Å²) < 4.78 is 11.4. The van der Waals surface area contributed by atoms with Gasteiger partial charge in [0, 0.05) is 43.5 Å². The largest absolute Gasteiger partial charge is 0.504 e. The number of hydrogen-bond acceptors (Lipinski definition) is 6. The van der Waals surface area contributed by atoms with Gasteiger partial charge in [-0.2, -0.15) is 0 Å². The Labute approximate surface area is 184 Å². The molecule has 2 aliphatic rings. The summed E-state index contributed by atoms with van der Waals surface area (Å²) in [6.45, 7) is 7.07. The molecular formula is C24H32N2O3S. The Bertz CT molecular complexity index is 837. The first-order chi connectivity index (χ1) is 14.6. The fourth-order valence-electron chi connectivity index (χ4n) is 4.39. The molecule has 0 aromatic heterocycles. The van der Waals surface area contributed by atoms with E-state index in [1.54, 1.807) is 11.8 Å². The number of fused-ring (bicyclic) bond motifs is 1. The Morgan fingerprint density at radius 2 is 1.93 bits per heavy atom. The van der Waals surface area contributed by atoms with Crippen molar-refractivity contribution in [3.8, 4) is 11.5 Å². The number of ether oxygens (including phenoxy) is 2. The molecule has 5 nitrogen and oxygen atoms in total. The number of likely N-dealkylation sites (N-methyl/N-ethyl adjacent to an activating group) is 1. The minimum absolute atomic E-state index is 0.246. The third-order valence-corrected chi connectivity index (χ3v) is 6.77. The summed E-state index contributed by atoms with van der Waals surface area (Å²) in [5.41, 5.74) is 3.74. The van der Waals surface area contributed by atoms with Crippen LogP contribution < -0.4 is 4.74 Å². The third-order valence-electron chi connectivity index (χ3n) is 6.03. The van der Waals surface area contributed by atoms with E-state index in [1.165, 1.54) is 21.6 Å². The molecule has 1 unspecified atom stereocenters. The van der Waals surface area contributed by atoms with E-state index in [-0.39, 0.29) is 11.7 Å². The van der Waals surface area contributed by atoms with Gasteiger partial charge in [-0.25, -0.2) is 0 Å². The molecule has 1 fully saturated rings. The highest BCUT2D eigenvalue weighted by atomic mass is 32.2. The van der Waals surface area contributed by atoms with Crippen molar-refractivity contribution in [3.05, 3.63) is 53.1 Å². The van der Waals surface area contributed by atoms with Gasteiger partial charge in [-0.05, 0) is 60.7 Å². The van der Waals surface area contributed by atoms with Crippen LogP contribution >= 0.6 is 11.8 Å². The van der Waals surface area contributed by atoms with E-state index < -0.39 is 0 Å². The molecule has 162 valence electrons. The number of nitrogens with zero attached hydrogens (tertiary/aromatic N) is 2. The zero-order chi connectivity index (χ0) is 20.9. The average Bonchev–Trinajstić information content (AvgIpc) is 2.77. The molecule has 30 heavy (non-hydrogen) atoms. The summed E-state index contributed by atoms with van der Waals surface area (Å²) in [5.74, 6) is 1.11. The second-order valence-corrected chi connectivity index (χ2v) is 9.08. The molecule has 0 saturated carbocycles. The third kappa shape index (κ3) is 5.11. The van der Waals surface area contributed by atoms with Crippen molar-refractivity contribution < 1.29 is 14.6 Å². The minimum atomic E-state index is 0.246. The lowest BCUT2D eigenvalue weighted by Gasteiger charge is -2.33. The number of phenols is 1. The average molecular weight is 429 g/mol. The van der Waals surface area contributed by atoms with Crippen LogP contribution in [0.2, 0.25) is 0 Å². The van der Waals surface area contributed by atoms with Crippen LogP contribution in [0.15, 0.2) is 41.3 Å². The lowest BCUT2D eigenvalue weighted by molar-refractivity contribution is 0.0357. The van der Waals surface area contributed by atoms with Gasteiger partial charge in [-0.15, -0.1) is 11.8 Å². The fourth-order valence-corrected chi connectivity index (χ4v) is 4.79. The maximum absolute atomic E-state index is 10.7. The molecule has 1 saturated heterocycles. The Morgan fingerprint density at radius 1 is 1.17 bits per heavy atom. The molecule has 1 N–H and O–H groups in total. The molecule has 4 rings (SSSR count). The zero-order valence-corrected chi connectivity index (χ0v) is 18.8. The second-order valence-electron chi connectivity index (χ2n) is 8.20. The number of rotatable bonds is 7. The number of benzene rings is 2. The molecule has 2 aliphatic heterocycles. The minimum Gasteiger partial charge on any atom is -0.504 e. The summed E-state index contributed by atoms with van der Waals surface area (Å²) in [7, 11) is 2.15. The van der Waals surface area contributed by atoms with Crippen LogP contribution in [0.3, 0.4) is 0 Å². The van der Waals surface area contributed by atoms with E-state index in [0.717, 1.165) is 52.4 Å². The number of phenolic OH excluding ortho intramolecular Hbond substituents is 1. The van der Waals surface area contributed by atoms with Crippen molar-refractivity contribution in [2.24, 2.45) is 0 Å². The summed E-state index contributed by atoms with van der Waals surface area (Å²) >= 11 is 1.76. The molecule has 6 heteroatoms. The van der Waals surface area contributed by atoms with Gasteiger partial charge in [-0.3, -0.25) is 4.90 Å². The highest BCUT2D eigenvalue weighted by Gasteiger charge is 2.26. The predicted octanol–water partition coefficient (Wildman–Crippen LogP) is 3.79. The maximum atomic E-state index is 10.7. The molecule has 1 atom stereocenters. The van der Waals surface area contributed by atoms with E-state index >= 15 is 0 Å². The highest BCUT2D eigenvalue weighted by molar-refractivity contribution is 7.98. The van der Waals surface area contributed by atoms with Gasteiger partial charge < -0.3 is 19.5 Å². The van der Waals surface area contributed by atoms with E-state index in [1.807, 2.05) is 12.1 Å². The molecule has 2 aromatic rings. The quantitative estimate of drug-likeness (QED) is 0.535. The van der Waals surface area contributed by atoms with Crippen molar-refractivity contribution in [2.75, 3.05) is 59.3 Å². The molecule has 2 aromatic carbocycles. The van der Waals surface area contributed by atoms with Gasteiger partial charge >= 0.3 is 0 Å². The number of morpholine rings is 1. The Kier molecular flexibility index (Phi) is 7.20. The number of hydrogen-bond donors (Lipinski definition) is 1. The van der Waals surface area contributed by atoms with E-state index in [2.05, 4.69) is 47.4 Å². The van der Waals surface area contributed by atoms with Gasteiger partial charge in [-0.1, -0.05) is 12.1 Å². The Hall–Kier alpha value is -1.73. The van der Waals surface area contributed by atoms with E-state index in [9.17, 15) is 5.11 Å². The molecular weight excluding hydrogens is 396 g/mol. The monoisotopic (exact) mass is 428 g/mol. The fraction of sp³-hybridized carbons (Fsp3) is 0.500. The normalized spacial score (nSPS) is 20.1. The van der Waals surface area contributed by atoms with Crippen molar-refractivity contribution in [1.29, 1.82) is 0 Å². The summed E-state index contributed by atoms with van der Waals surface area (Å²) in [6.07, 6.45) is 3.04. The summed E-state index contributed by atoms with van der Waals surface area (Å²) in [5, 5.41) is 10.7. The van der Waals surface area contributed by atoms with Crippen LogP contribution in [0, 0.1) is 0 Å². The highest BCUT2D eigenvalue weighted by Crippen LogP contribution is 2.39. The van der Waals surface area contributed by atoms with E-state index in [4.69, 9.17) is 9.47 Å². The first-order valence-corrected chi connectivity index (χ1v) is 12.0. The van der Waals surface area contributed by atoms with Crippen molar-refractivity contribution >= 4 is 11.8 Å². The second kappa shape index (κ2) is 10.1. The van der Waals surface area contributed by atoms with Crippen molar-refractivity contribution in [3.63, 3.8) is 0 Å². The number of thioether (sulfide) groups is 1. The van der Waals surface area contributed by atoms with Gasteiger partial charge in [0.1, 0.15) is 0 Å². The first kappa shape index (κ1) is 21.5. The topological polar surface area (TPSA) is 45.2 Å². The van der Waals surface area contributed by atoms with Gasteiger partial charge in [0.25, 0.3) is 0 Å². The van der Waals surface area contributed by atoms with Crippen LogP contribution in [-0.4, -0.2) is 74.2 Å². The molecule has 0 radical (unpaired) electrons. The first-order valence-electron chi connectivity index (χ1n) is 10.7. The smallest absolute Gasteiger partial charge is 0.161 e. The lowest BCUT2D eigenvalue weighted by atomic mass is 9.84. The van der Waals surface area contributed by atoms with Crippen molar-refractivity contribution in [2.45, 2.75) is 23.8 Å². The van der Waals surface area contributed by atoms with Crippen LogP contribution in [0.4, 0.5) is 0 Å². The summed E-state index contributed by atoms with van der Waals surface area (Å²) in [6, 6.07) is 12.8. The Balaban J connectivity index is 1.44. The van der Waals surface area contributed by atoms with Gasteiger partial charge in [0.15, 0.2) is 11.5 Å². The van der Waals surface area contributed by atoms with E-state index in [0.29, 0.717) is 12.4 Å². The van der Waals surface area contributed by atoms with Crippen LogP contribution in [-0.2, 0) is 11.3 Å². The van der Waals surface area contributed by atoms with Crippen molar-refractivity contribution in [1.82, 2.24) is 9.80 Å². The predicted molar refractivity (Wildman–Crippen MR) is 122 cm³/mol.